The van der Waals surface area contributed by atoms with Crippen molar-refractivity contribution >= 4 is 5.97 Å². The molecule has 1 aromatic rings. The zero-order valence-electron chi connectivity index (χ0n) is 15.0. The molecule has 1 aromatic carbocycles. The highest BCUT2D eigenvalue weighted by Crippen LogP contribution is 2.38. The molecular weight excluding hydrogens is 371 g/mol. The summed E-state index contributed by atoms with van der Waals surface area (Å²) >= 11 is 0. The van der Waals surface area contributed by atoms with Crippen molar-refractivity contribution in [2.75, 3.05) is 0 Å². The zero-order valence-corrected chi connectivity index (χ0v) is 15.0. The van der Waals surface area contributed by atoms with Crippen LogP contribution in [0.1, 0.15) is 51.9 Å². The normalized spacial score (nSPS) is 21.0. The van der Waals surface area contributed by atoms with Gasteiger partial charge in [0.1, 0.15) is 11.5 Å². The molecule has 152 valence electrons. The summed E-state index contributed by atoms with van der Waals surface area (Å²) in [4.78, 5) is 12.2. The largest absolute Gasteiger partial charge is 0.499 e. The van der Waals surface area contributed by atoms with E-state index in [2.05, 4.69) is 11.7 Å². The van der Waals surface area contributed by atoms with Crippen LogP contribution in [0.2, 0.25) is 0 Å². The van der Waals surface area contributed by atoms with Gasteiger partial charge in [-0.1, -0.05) is 26.2 Å². The number of carbonyl (C=O) groups excluding carboxylic acids is 1. The number of hydrogen-bond acceptors (Lipinski definition) is 3. The lowest BCUT2D eigenvalue weighted by atomic mass is 9.80. The summed E-state index contributed by atoms with van der Waals surface area (Å²) in [6.45, 7) is 2.14. The average molecular weight is 394 g/mol. The molecule has 27 heavy (non-hydrogen) atoms. The summed E-state index contributed by atoms with van der Waals surface area (Å²) in [5.74, 6) is -0.573. The minimum absolute atomic E-state index is 0.0794. The van der Waals surface area contributed by atoms with Crippen molar-refractivity contribution in [1.29, 1.82) is 0 Å². The topological polar surface area (TPSA) is 35.5 Å². The van der Waals surface area contributed by atoms with Gasteiger partial charge < -0.3 is 9.47 Å². The lowest BCUT2D eigenvalue weighted by Crippen LogP contribution is -2.41. The number of unbranched alkanes of at least 4 members (excludes halogenated alkanes) is 1. The van der Waals surface area contributed by atoms with Crippen molar-refractivity contribution in [3.05, 3.63) is 24.3 Å². The highest BCUT2D eigenvalue weighted by molar-refractivity contribution is 5.75. The molecule has 1 aliphatic carbocycles. The molecule has 3 nitrogen and oxygen atoms in total. The maximum atomic E-state index is 12.8. The van der Waals surface area contributed by atoms with E-state index in [0.29, 0.717) is 5.92 Å². The lowest BCUT2D eigenvalue weighted by molar-refractivity contribution is -0.360. The molecule has 0 N–H and O–H groups in total. The van der Waals surface area contributed by atoms with Crippen LogP contribution in [0.3, 0.4) is 0 Å². The number of hydrogen-bond donors (Lipinski definition) is 0. The van der Waals surface area contributed by atoms with Gasteiger partial charge in [-0.05, 0) is 55.9 Å². The third-order valence-corrected chi connectivity index (χ3v) is 4.76. The SMILES string of the molecule is CCCC[C@H]1CC[C@H](C(=O)Oc2ccc(OC(F)(F)C(F)(F)F)cc2)CC1. The van der Waals surface area contributed by atoms with Crippen LogP contribution >= 0.6 is 0 Å². The van der Waals surface area contributed by atoms with Crippen molar-refractivity contribution in [2.24, 2.45) is 11.8 Å². The van der Waals surface area contributed by atoms with Gasteiger partial charge in [-0.15, -0.1) is 0 Å². The highest BCUT2D eigenvalue weighted by Gasteiger charge is 2.61. The predicted molar refractivity (Wildman–Crippen MR) is 88.7 cm³/mol. The van der Waals surface area contributed by atoms with Crippen molar-refractivity contribution in [2.45, 2.75) is 64.2 Å². The van der Waals surface area contributed by atoms with Crippen molar-refractivity contribution < 1.29 is 36.2 Å². The number of carbonyl (C=O) groups is 1. The second kappa shape index (κ2) is 8.89. The summed E-state index contributed by atoms with van der Waals surface area (Å²) in [7, 11) is 0. The predicted octanol–water partition coefficient (Wildman–Crippen LogP) is 6.12. The molecule has 0 unspecified atom stereocenters. The van der Waals surface area contributed by atoms with Crippen LogP contribution in [0.15, 0.2) is 24.3 Å². The Kier molecular flexibility index (Phi) is 7.06. The summed E-state index contributed by atoms with van der Waals surface area (Å²) in [5.41, 5.74) is 0. The number of alkyl halides is 5. The monoisotopic (exact) mass is 394 g/mol. The molecule has 1 aliphatic rings. The fraction of sp³-hybridized carbons (Fsp3) is 0.632. The fourth-order valence-electron chi connectivity index (χ4n) is 3.16. The number of benzene rings is 1. The first-order valence-corrected chi connectivity index (χ1v) is 9.07. The first kappa shape index (κ1) is 21.4. The van der Waals surface area contributed by atoms with Crippen LogP contribution in [0.4, 0.5) is 22.0 Å². The molecule has 0 atom stereocenters. The first-order chi connectivity index (χ1) is 12.6. The van der Waals surface area contributed by atoms with Crippen LogP contribution in [0.5, 0.6) is 11.5 Å². The molecule has 0 spiro atoms. The van der Waals surface area contributed by atoms with Crippen LogP contribution in [-0.2, 0) is 4.79 Å². The molecular formula is C19H23F5O3. The van der Waals surface area contributed by atoms with Crippen molar-refractivity contribution in [1.82, 2.24) is 0 Å². The molecule has 0 bridgehead atoms. The van der Waals surface area contributed by atoms with Crippen LogP contribution < -0.4 is 9.47 Å². The average Bonchev–Trinajstić information content (AvgIpc) is 2.61. The van der Waals surface area contributed by atoms with E-state index in [1.807, 2.05) is 0 Å². The lowest BCUT2D eigenvalue weighted by Gasteiger charge is -2.27. The highest BCUT2D eigenvalue weighted by atomic mass is 19.4. The fourth-order valence-corrected chi connectivity index (χ4v) is 3.16. The van der Waals surface area contributed by atoms with E-state index in [1.165, 1.54) is 12.8 Å². The van der Waals surface area contributed by atoms with Crippen LogP contribution in [-0.4, -0.2) is 18.3 Å². The summed E-state index contributed by atoms with van der Waals surface area (Å²) in [5, 5.41) is 0. The van der Waals surface area contributed by atoms with Crippen molar-refractivity contribution in [3.8, 4) is 11.5 Å². The molecule has 1 fully saturated rings. The van der Waals surface area contributed by atoms with Gasteiger partial charge in [-0.25, -0.2) is 0 Å². The summed E-state index contributed by atoms with van der Waals surface area (Å²) in [6, 6.07) is 4.08. The maximum Gasteiger partial charge on any atom is 0.499 e. The van der Waals surface area contributed by atoms with E-state index >= 15 is 0 Å². The molecule has 0 radical (unpaired) electrons. The molecule has 0 saturated heterocycles. The van der Waals surface area contributed by atoms with Gasteiger partial charge in [0.2, 0.25) is 0 Å². The Labute approximate surface area is 154 Å². The second-order valence-corrected chi connectivity index (χ2v) is 6.87. The van der Waals surface area contributed by atoms with E-state index in [0.717, 1.165) is 56.4 Å². The number of ether oxygens (including phenoxy) is 2. The standard InChI is InChI=1S/C19H23F5O3/c1-2-3-4-13-5-7-14(8-6-13)17(25)26-15-9-11-16(12-10-15)27-19(23,24)18(20,21)22/h9-14H,2-8H2,1H3/t13-,14-. The summed E-state index contributed by atoms with van der Waals surface area (Å²) in [6.07, 6.45) is -4.17. The third kappa shape index (κ3) is 6.07. The van der Waals surface area contributed by atoms with Gasteiger partial charge in [-0.2, -0.15) is 22.0 Å². The Morgan fingerprint density at radius 1 is 1.00 bits per heavy atom. The second-order valence-electron chi connectivity index (χ2n) is 6.87. The van der Waals surface area contributed by atoms with E-state index < -0.39 is 24.0 Å². The van der Waals surface area contributed by atoms with Gasteiger partial charge in [0, 0.05) is 0 Å². The molecule has 0 heterocycles. The van der Waals surface area contributed by atoms with Crippen LogP contribution in [0.25, 0.3) is 0 Å². The molecule has 0 aromatic heterocycles. The van der Waals surface area contributed by atoms with E-state index in [1.54, 1.807) is 0 Å². The Morgan fingerprint density at radius 3 is 2.07 bits per heavy atom. The van der Waals surface area contributed by atoms with Crippen molar-refractivity contribution in [3.63, 3.8) is 0 Å². The molecule has 0 aliphatic heterocycles. The Bertz CT molecular complexity index is 605. The smallest absolute Gasteiger partial charge is 0.426 e. The molecule has 0 amide bonds. The third-order valence-electron chi connectivity index (χ3n) is 4.76. The van der Waals surface area contributed by atoms with E-state index in [-0.39, 0.29) is 11.7 Å². The summed E-state index contributed by atoms with van der Waals surface area (Å²) < 4.78 is 71.0. The number of esters is 1. The van der Waals surface area contributed by atoms with E-state index in [9.17, 15) is 26.7 Å². The molecule has 2 rings (SSSR count). The zero-order chi connectivity index (χ0) is 20.1. The van der Waals surface area contributed by atoms with Gasteiger partial charge in [0.25, 0.3) is 0 Å². The van der Waals surface area contributed by atoms with Gasteiger partial charge in [-0.3, -0.25) is 4.79 Å². The minimum Gasteiger partial charge on any atom is -0.426 e. The van der Waals surface area contributed by atoms with E-state index in [4.69, 9.17) is 4.74 Å². The first-order valence-electron chi connectivity index (χ1n) is 9.07. The van der Waals surface area contributed by atoms with Gasteiger partial charge in [0.15, 0.2) is 0 Å². The minimum atomic E-state index is -5.81. The molecule has 8 heteroatoms. The van der Waals surface area contributed by atoms with Gasteiger partial charge in [0.05, 0.1) is 5.92 Å². The number of halogens is 5. The Hall–Kier alpha value is -1.86. The van der Waals surface area contributed by atoms with Crippen LogP contribution in [0, 0.1) is 11.8 Å². The maximum absolute atomic E-state index is 12.8. The quantitative estimate of drug-likeness (QED) is 0.317. The van der Waals surface area contributed by atoms with Gasteiger partial charge >= 0.3 is 18.3 Å². The number of rotatable bonds is 7. The Balaban J connectivity index is 1.85. The molecule has 1 saturated carbocycles. The Morgan fingerprint density at radius 2 is 1.56 bits per heavy atom.